The SMILES string of the molecule is Nc1c(Br)cc(C[C@@H](OC(=O)N2CCC(n3c(=O)[nH]c4ccccc43)CC2)C(=O)N2CCC(N3CCCC3)CC2)cc1C(F)(F)F. The van der Waals surface area contributed by atoms with Gasteiger partial charge < -0.3 is 30.2 Å². The Morgan fingerprint density at radius 2 is 1.59 bits per heavy atom. The summed E-state index contributed by atoms with van der Waals surface area (Å²) in [6.07, 6.45) is -2.04. The van der Waals surface area contributed by atoms with Crippen LogP contribution in [0.3, 0.4) is 0 Å². The molecular weight excluding hydrogens is 669 g/mol. The number of alkyl halides is 3. The van der Waals surface area contributed by atoms with Crippen LogP contribution in [0.5, 0.6) is 0 Å². The van der Waals surface area contributed by atoms with Crippen molar-refractivity contribution >= 4 is 44.7 Å². The standard InChI is InChI=1S/C32H38BrF3N6O4/c33-24-18-20(17-23(28(24)37)32(34,35)36)19-27(29(43)40-13-7-21(8-14-40)39-11-3-4-12-39)46-31(45)41-15-9-22(10-16-41)42-26-6-2-1-5-25(26)38-30(42)44/h1-2,5-6,17-18,21-22,27H,3-4,7-16,19,37H2,(H,38,44)/t27-/m1/s1. The van der Waals surface area contributed by atoms with Crippen LogP contribution in [0.15, 0.2) is 45.7 Å². The number of hydrogen-bond donors (Lipinski definition) is 2. The number of H-pyrrole nitrogens is 1. The van der Waals surface area contributed by atoms with Gasteiger partial charge in [0.15, 0.2) is 6.10 Å². The largest absolute Gasteiger partial charge is 0.436 e. The molecule has 1 aromatic heterocycles. The van der Waals surface area contributed by atoms with E-state index >= 15 is 0 Å². The highest BCUT2D eigenvalue weighted by atomic mass is 79.9. The zero-order valence-corrected chi connectivity index (χ0v) is 27.0. The van der Waals surface area contributed by atoms with E-state index in [0.717, 1.165) is 43.0 Å². The van der Waals surface area contributed by atoms with Gasteiger partial charge in [-0.05, 0) is 97.4 Å². The highest BCUT2D eigenvalue weighted by Crippen LogP contribution is 2.38. The van der Waals surface area contributed by atoms with Crippen LogP contribution in [-0.2, 0) is 22.1 Å². The molecule has 0 saturated carbocycles. The van der Waals surface area contributed by atoms with Gasteiger partial charge in [-0.1, -0.05) is 12.1 Å². The first kappa shape index (κ1) is 32.4. The van der Waals surface area contributed by atoms with Gasteiger partial charge >= 0.3 is 18.0 Å². The minimum Gasteiger partial charge on any atom is -0.436 e. The van der Waals surface area contributed by atoms with Gasteiger partial charge in [0.05, 0.1) is 22.3 Å². The van der Waals surface area contributed by atoms with E-state index in [-0.39, 0.29) is 28.2 Å². The van der Waals surface area contributed by atoms with Crippen molar-refractivity contribution < 1.29 is 27.5 Å². The molecule has 0 spiro atoms. The van der Waals surface area contributed by atoms with Gasteiger partial charge in [-0.15, -0.1) is 0 Å². The van der Waals surface area contributed by atoms with E-state index in [2.05, 4.69) is 25.8 Å². The number of benzene rings is 2. The molecule has 4 heterocycles. The van der Waals surface area contributed by atoms with E-state index < -0.39 is 35.5 Å². The number of carbonyl (C=O) groups excluding carboxylic acids is 2. The predicted molar refractivity (Wildman–Crippen MR) is 170 cm³/mol. The third-order valence-corrected chi connectivity index (χ3v) is 10.2. The number of aromatic nitrogens is 2. The van der Waals surface area contributed by atoms with Crippen LogP contribution in [0.2, 0.25) is 0 Å². The summed E-state index contributed by atoms with van der Waals surface area (Å²) in [7, 11) is 0. The Balaban J connectivity index is 1.17. The molecule has 2 aromatic carbocycles. The third-order valence-electron chi connectivity index (χ3n) is 9.58. The number of halogens is 4. The molecule has 46 heavy (non-hydrogen) atoms. The number of amides is 2. The average Bonchev–Trinajstić information content (AvgIpc) is 3.69. The fourth-order valence-corrected chi connectivity index (χ4v) is 7.63. The average molecular weight is 708 g/mol. The number of nitrogen functional groups attached to an aromatic ring is 1. The number of nitrogens with one attached hydrogen (secondary N) is 1. The number of likely N-dealkylation sites (tertiary alicyclic amines) is 3. The van der Waals surface area contributed by atoms with Gasteiger partial charge in [0.2, 0.25) is 0 Å². The van der Waals surface area contributed by atoms with Gasteiger partial charge in [0.1, 0.15) is 0 Å². The summed E-state index contributed by atoms with van der Waals surface area (Å²) >= 11 is 3.12. The molecule has 1 atom stereocenters. The van der Waals surface area contributed by atoms with Crippen LogP contribution in [0.25, 0.3) is 11.0 Å². The van der Waals surface area contributed by atoms with Crippen molar-refractivity contribution in [2.45, 2.75) is 69.3 Å². The number of nitrogens with two attached hydrogens (primary N) is 1. The fraction of sp³-hybridized carbons (Fsp3) is 0.531. The number of aromatic amines is 1. The maximum atomic E-state index is 13.9. The molecule has 3 fully saturated rings. The number of rotatable bonds is 6. The lowest BCUT2D eigenvalue weighted by Gasteiger charge is -2.38. The number of carbonyl (C=O) groups is 2. The van der Waals surface area contributed by atoms with Crippen molar-refractivity contribution in [2.75, 3.05) is 45.0 Å². The number of imidazole rings is 1. The lowest BCUT2D eigenvalue weighted by molar-refractivity contribution is -0.142. The van der Waals surface area contributed by atoms with Gasteiger partial charge in [0, 0.05) is 49.2 Å². The van der Waals surface area contributed by atoms with Crippen LogP contribution in [0, 0.1) is 0 Å². The van der Waals surface area contributed by atoms with Gasteiger partial charge in [-0.25, -0.2) is 9.59 Å². The van der Waals surface area contributed by atoms with E-state index in [9.17, 15) is 27.6 Å². The zero-order valence-electron chi connectivity index (χ0n) is 25.4. The van der Waals surface area contributed by atoms with E-state index in [1.54, 1.807) is 9.47 Å². The fourth-order valence-electron chi connectivity index (χ4n) is 7.12. The van der Waals surface area contributed by atoms with Crippen molar-refractivity contribution in [3.63, 3.8) is 0 Å². The minimum atomic E-state index is -4.70. The monoisotopic (exact) mass is 706 g/mol. The number of anilines is 1. The molecule has 0 unspecified atom stereocenters. The van der Waals surface area contributed by atoms with Crippen molar-refractivity contribution in [2.24, 2.45) is 0 Å². The summed E-state index contributed by atoms with van der Waals surface area (Å²) in [5, 5.41) is 0. The Labute approximate surface area is 272 Å². The maximum Gasteiger partial charge on any atom is 0.418 e. The summed E-state index contributed by atoms with van der Waals surface area (Å²) < 4.78 is 48.9. The highest BCUT2D eigenvalue weighted by molar-refractivity contribution is 9.10. The van der Waals surface area contributed by atoms with Crippen molar-refractivity contribution in [1.82, 2.24) is 24.3 Å². The predicted octanol–water partition coefficient (Wildman–Crippen LogP) is 5.16. The lowest BCUT2D eigenvalue weighted by Crippen LogP contribution is -2.51. The van der Waals surface area contributed by atoms with Gasteiger partial charge in [-0.2, -0.15) is 13.2 Å². The first-order valence-electron chi connectivity index (χ1n) is 15.8. The molecule has 0 bridgehead atoms. The summed E-state index contributed by atoms with van der Waals surface area (Å²) in [4.78, 5) is 48.5. The summed E-state index contributed by atoms with van der Waals surface area (Å²) in [6.45, 7) is 3.67. The molecule has 3 aliphatic rings. The number of para-hydroxylation sites is 2. The number of hydrogen-bond acceptors (Lipinski definition) is 6. The molecule has 6 rings (SSSR count). The number of nitrogens with zero attached hydrogens (tertiary/aromatic N) is 4. The third kappa shape index (κ3) is 6.78. The normalized spacial score (nSPS) is 19.6. The number of piperidine rings is 2. The molecule has 14 heteroatoms. The van der Waals surface area contributed by atoms with Crippen LogP contribution >= 0.6 is 15.9 Å². The number of fused-ring (bicyclic) bond motifs is 1. The van der Waals surface area contributed by atoms with E-state index in [0.29, 0.717) is 45.1 Å². The summed E-state index contributed by atoms with van der Waals surface area (Å²) in [6, 6.07) is 10.0. The molecule has 248 valence electrons. The molecule has 3 aromatic rings. The minimum absolute atomic E-state index is 0.0517. The quantitative estimate of drug-likeness (QED) is 0.342. The molecule has 3 aliphatic heterocycles. The van der Waals surface area contributed by atoms with Crippen molar-refractivity contribution in [3.8, 4) is 0 Å². The Morgan fingerprint density at radius 1 is 0.957 bits per heavy atom. The molecular formula is C32H38BrF3N6O4. The second kappa shape index (κ2) is 13.3. The smallest absolute Gasteiger partial charge is 0.418 e. The number of ether oxygens (including phenoxy) is 1. The second-order valence-corrected chi connectivity index (χ2v) is 13.3. The molecule has 10 nitrogen and oxygen atoms in total. The Bertz CT molecular complexity index is 1640. The topological polar surface area (TPSA) is 117 Å². The van der Waals surface area contributed by atoms with Crippen LogP contribution < -0.4 is 11.4 Å². The molecule has 3 saturated heterocycles. The lowest BCUT2D eigenvalue weighted by atomic mass is 10.00. The molecule has 0 radical (unpaired) electrons. The van der Waals surface area contributed by atoms with Gasteiger partial charge in [-0.3, -0.25) is 9.36 Å². The van der Waals surface area contributed by atoms with Gasteiger partial charge in [0.25, 0.3) is 5.91 Å². The first-order chi connectivity index (χ1) is 22.0. The Hall–Kier alpha value is -3.52. The van der Waals surface area contributed by atoms with Crippen LogP contribution in [0.1, 0.15) is 55.7 Å². The van der Waals surface area contributed by atoms with Crippen molar-refractivity contribution in [3.05, 3.63) is 62.5 Å². The van der Waals surface area contributed by atoms with E-state index in [1.807, 2.05) is 24.3 Å². The highest BCUT2D eigenvalue weighted by Gasteiger charge is 2.37. The van der Waals surface area contributed by atoms with E-state index in [4.69, 9.17) is 10.5 Å². The van der Waals surface area contributed by atoms with E-state index in [1.165, 1.54) is 23.8 Å². The molecule has 2 amide bonds. The zero-order chi connectivity index (χ0) is 32.6. The summed E-state index contributed by atoms with van der Waals surface area (Å²) in [5.41, 5.74) is 5.74. The Morgan fingerprint density at radius 3 is 2.26 bits per heavy atom. The Kier molecular flexibility index (Phi) is 9.38. The maximum absolute atomic E-state index is 13.9. The molecule has 3 N–H and O–H groups in total. The molecule has 0 aliphatic carbocycles. The summed E-state index contributed by atoms with van der Waals surface area (Å²) in [5.74, 6) is -0.421. The van der Waals surface area contributed by atoms with Crippen molar-refractivity contribution in [1.29, 1.82) is 0 Å². The first-order valence-corrected chi connectivity index (χ1v) is 16.6. The van der Waals surface area contributed by atoms with Crippen LogP contribution in [-0.4, -0.2) is 87.7 Å². The van der Waals surface area contributed by atoms with Crippen LogP contribution in [0.4, 0.5) is 23.7 Å². The second-order valence-electron chi connectivity index (χ2n) is 12.4.